The fourth-order valence-electron chi connectivity index (χ4n) is 1.44. The van der Waals surface area contributed by atoms with Crippen molar-refractivity contribution in [3.05, 3.63) is 29.8 Å². The summed E-state index contributed by atoms with van der Waals surface area (Å²) in [4.78, 5) is 10.8. The van der Waals surface area contributed by atoms with Gasteiger partial charge in [0.25, 0.3) is 0 Å². The summed E-state index contributed by atoms with van der Waals surface area (Å²) in [5.74, 6) is 0.254. The third-order valence-electron chi connectivity index (χ3n) is 2.40. The zero-order chi connectivity index (χ0) is 12.7. The van der Waals surface area contributed by atoms with Gasteiger partial charge in [-0.05, 0) is 24.6 Å². The van der Waals surface area contributed by atoms with Crippen molar-refractivity contribution in [3.63, 3.8) is 0 Å². The van der Waals surface area contributed by atoms with E-state index >= 15 is 0 Å². The Labute approximate surface area is 101 Å². The van der Waals surface area contributed by atoms with Crippen molar-refractivity contribution in [1.29, 1.82) is 0 Å². The molecule has 1 aromatic carbocycles. The summed E-state index contributed by atoms with van der Waals surface area (Å²) in [6.45, 7) is 3.12. The van der Waals surface area contributed by atoms with E-state index in [2.05, 4.69) is 15.4 Å². The number of phenols is 1. The summed E-state index contributed by atoms with van der Waals surface area (Å²) in [5.41, 5.74) is 1.00. The molecule has 1 amide bonds. The van der Waals surface area contributed by atoms with Crippen LogP contribution in [0.3, 0.4) is 0 Å². The molecule has 17 heavy (non-hydrogen) atoms. The van der Waals surface area contributed by atoms with E-state index in [-0.39, 0.29) is 11.8 Å². The first-order chi connectivity index (χ1) is 8.13. The van der Waals surface area contributed by atoms with Gasteiger partial charge in [-0.3, -0.25) is 0 Å². The van der Waals surface area contributed by atoms with E-state index in [1.54, 1.807) is 18.2 Å². The van der Waals surface area contributed by atoms with Crippen LogP contribution in [0.2, 0.25) is 0 Å². The highest BCUT2D eigenvalue weighted by Gasteiger charge is 2.05. The summed E-state index contributed by atoms with van der Waals surface area (Å²) in [6.07, 6.45) is -0.434. The molecular weight excluding hydrogens is 220 g/mol. The van der Waals surface area contributed by atoms with Crippen LogP contribution in [0.4, 0.5) is 4.79 Å². The maximum atomic E-state index is 10.8. The predicted octanol–water partition coefficient (Wildman–Crippen LogP) is 1.40. The summed E-state index contributed by atoms with van der Waals surface area (Å²) >= 11 is 0. The molecule has 3 N–H and O–H groups in total. The van der Waals surface area contributed by atoms with Gasteiger partial charge in [-0.2, -0.15) is 0 Å². The van der Waals surface area contributed by atoms with Gasteiger partial charge in [-0.1, -0.05) is 12.1 Å². The van der Waals surface area contributed by atoms with Crippen molar-refractivity contribution < 1.29 is 14.6 Å². The number of benzene rings is 1. The molecule has 0 heterocycles. The molecule has 0 spiro atoms. The number of amides is 1. The maximum Gasteiger partial charge on any atom is 0.406 e. The van der Waals surface area contributed by atoms with E-state index in [0.717, 1.165) is 5.56 Å². The second-order valence-corrected chi connectivity index (χ2v) is 3.69. The number of carbonyl (C=O) groups excluding carboxylic acids is 1. The van der Waals surface area contributed by atoms with Crippen LogP contribution < -0.4 is 10.6 Å². The molecule has 0 saturated carbocycles. The smallest absolute Gasteiger partial charge is 0.406 e. The normalized spacial score (nSPS) is 11.9. The van der Waals surface area contributed by atoms with Gasteiger partial charge in [0.05, 0.1) is 7.11 Å². The molecule has 0 aliphatic heterocycles. The molecule has 94 valence electrons. The second-order valence-electron chi connectivity index (χ2n) is 3.69. The fraction of sp³-hybridized carbons (Fsp3) is 0.417. The van der Waals surface area contributed by atoms with Gasteiger partial charge in [-0.15, -0.1) is 0 Å². The van der Waals surface area contributed by atoms with Crippen LogP contribution in [0.1, 0.15) is 18.5 Å². The Morgan fingerprint density at radius 1 is 1.47 bits per heavy atom. The van der Waals surface area contributed by atoms with Gasteiger partial charge in [0.2, 0.25) is 0 Å². The lowest BCUT2D eigenvalue weighted by Crippen LogP contribution is -2.32. The number of nitrogens with one attached hydrogen (secondary N) is 2. The molecule has 0 aliphatic carbocycles. The van der Waals surface area contributed by atoms with Gasteiger partial charge >= 0.3 is 6.09 Å². The Hall–Kier alpha value is -1.75. The van der Waals surface area contributed by atoms with Crippen LogP contribution in [0.5, 0.6) is 5.75 Å². The van der Waals surface area contributed by atoms with Crippen molar-refractivity contribution in [2.75, 3.05) is 20.2 Å². The average molecular weight is 238 g/mol. The summed E-state index contributed by atoms with van der Waals surface area (Å²) in [7, 11) is 1.33. The average Bonchev–Trinajstić information content (AvgIpc) is 2.34. The summed E-state index contributed by atoms with van der Waals surface area (Å²) < 4.78 is 4.45. The molecule has 1 atom stereocenters. The van der Waals surface area contributed by atoms with Crippen molar-refractivity contribution >= 4 is 6.09 Å². The molecule has 5 heteroatoms. The Morgan fingerprint density at radius 2 is 2.24 bits per heavy atom. The predicted molar refractivity (Wildman–Crippen MR) is 64.9 cm³/mol. The van der Waals surface area contributed by atoms with E-state index in [4.69, 9.17) is 0 Å². The molecule has 1 unspecified atom stereocenters. The van der Waals surface area contributed by atoms with Crippen LogP contribution >= 0.6 is 0 Å². The molecule has 1 aromatic rings. The van der Waals surface area contributed by atoms with E-state index in [1.165, 1.54) is 7.11 Å². The van der Waals surface area contributed by atoms with Crippen molar-refractivity contribution in [2.45, 2.75) is 13.0 Å². The Balaban J connectivity index is 2.30. The molecule has 5 nitrogen and oxygen atoms in total. The fourth-order valence-corrected chi connectivity index (χ4v) is 1.44. The van der Waals surface area contributed by atoms with Gasteiger partial charge in [0, 0.05) is 19.1 Å². The first-order valence-corrected chi connectivity index (χ1v) is 5.47. The number of alkyl carbamates (subject to hydrolysis) is 1. The van der Waals surface area contributed by atoms with Crippen molar-refractivity contribution in [2.24, 2.45) is 0 Å². The summed E-state index contributed by atoms with van der Waals surface area (Å²) in [5, 5.41) is 15.1. The third-order valence-corrected chi connectivity index (χ3v) is 2.40. The molecule has 0 fully saturated rings. The van der Waals surface area contributed by atoms with Crippen molar-refractivity contribution in [3.8, 4) is 5.75 Å². The third kappa shape index (κ3) is 4.74. The molecule has 0 aliphatic rings. The lowest BCUT2D eigenvalue weighted by atomic mass is 10.1. The summed E-state index contributed by atoms with van der Waals surface area (Å²) in [6, 6.07) is 7.20. The number of rotatable bonds is 5. The topological polar surface area (TPSA) is 70.6 Å². The number of aromatic hydroxyl groups is 1. The molecule has 0 saturated heterocycles. The van der Waals surface area contributed by atoms with Gasteiger partial charge < -0.3 is 20.5 Å². The monoisotopic (exact) mass is 238 g/mol. The first kappa shape index (κ1) is 13.3. The Kier molecular flexibility index (Phi) is 5.29. The highest BCUT2D eigenvalue weighted by molar-refractivity contribution is 5.66. The zero-order valence-corrected chi connectivity index (χ0v) is 10.1. The van der Waals surface area contributed by atoms with Crippen LogP contribution in [0, 0.1) is 0 Å². The molecule has 0 aromatic heterocycles. The quantitative estimate of drug-likeness (QED) is 0.678. The Bertz CT molecular complexity index is 369. The minimum atomic E-state index is -0.434. The molecule has 1 rings (SSSR count). The largest absolute Gasteiger partial charge is 0.508 e. The van der Waals surface area contributed by atoms with Crippen LogP contribution in [0.15, 0.2) is 24.3 Å². The van der Waals surface area contributed by atoms with E-state index < -0.39 is 6.09 Å². The minimum Gasteiger partial charge on any atom is -0.508 e. The highest BCUT2D eigenvalue weighted by atomic mass is 16.5. The van der Waals surface area contributed by atoms with E-state index in [0.29, 0.717) is 13.1 Å². The van der Waals surface area contributed by atoms with Crippen LogP contribution in [-0.4, -0.2) is 31.4 Å². The number of ether oxygens (including phenoxy) is 1. The molecule has 0 radical (unpaired) electrons. The maximum absolute atomic E-state index is 10.8. The van der Waals surface area contributed by atoms with Crippen LogP contribution in [0.25, 0.3) is 0 Å². The van der Waals surface area contributed by atoms with Gasteiger partial charge in [-0.25, -0.2) is 4.79 Å². The van der Waals surface area contributed by atoms with Gasteiger partial charge in [0.15, 0.2) is 0 Å². The first-order valence-electron chi connectivity index (χ1n) is 5.47. The van der Waals surface area contributed by atoms with Crippen LogP contribution in [-0.2, 0) is 4.74 Å². The van der Waals surface area contributed by atoms with E-state index in [9.17, 15) is 9.90 Å². The zero-order valence-electron chi connectivity index (χ0n) is 10.1. The number of methoxy groups -OCH3 is 1. The number of carbonyl (C=O) groups is 1. The minimum absolute atomic E-state index is 0.113. The van der Waals surface area contributed by atoms with E-state index in [1.807, 2.05) is 13.0 Å². The number of phenolic OH excluding ortho intramolecular Hbond substituents is 1. The lowest BCUT2D eigenvalue weighted by Gasteiger charge is -2.14. The number of hydrogen-bond donors (Lipinski definition) is 3. The second kappa shape index (κ2) is 6.75. The van der Waals surface area contributed by atoms with Crippen molar-refractivity contribution in [1.82, 2.24) is 10.6 Å². The SMILES string of the molecule is COC(=O)NCCNC(C)c1cccc(O)c1. The van der Waals surface area contributed by atoms with Gasteiger partial charge in [0.1, 0.15) is 5.75 Å². The number of hydrogen-bond acceptors (Lipinski definition) is 4. The molecule has 0 bridgehead atoms. The standard InChI is InChI=1S/C12H18N2O3/c1-9(10-4-3-5-11(15)8-10)13-6-7-14-12(16)17-2/h3-5,8-9,13,15H,6-7H2,1-2H3,(H,14,16). The molecular formula is C12H18N2O3. The highest BCUT2D eigenvalue weighted by Crippen LogP contribution is 2.17. The Morgan fingerprint density at radius 3 is 2.88 bits per heavy atom. The lowest BCUT2D eigenvalue weighted by molar-refractivity contribution is 0.171.